The summed E-state index contributed by atoms with van der Waals surface area (Å²) in [7, 11) is 0. The number of nitrogens with zero attached hydrogens (tertiary/aromatic N) is 4. The number of fused-ring (bicyclic) bond motifs is 1. The normalized spacial score (nSPS) is 28.8. The predicted octanol–water partition coefficient (Wildman–Crippen LogP) is 6.19. The Balaban J connectivity index is 1.62. The predicted molar refractivity (Wildman–Crippen MR) is 153 cm³/mol. The van der Waals surface area contributed by atoms with Crippen molar-refractivity contribution in [1.82, 2.24) is 14.7 Å². The van der Waals surface area contributed by atoms with Gasteiger partial charge in [0.05, 0.1) is 0 Å². The number of carbonyl (C=O) groups is 2. The number of carbonyl (C=O) groups excluding carboxylic acids is 1. The number of benzene rings is 1. The molecule has 1 aromatic carbocycles. The minimum absolute atomic E-state index is 0.00970. The van der Waals surface area contributed by atoms with Crippen LogP contribution in [0.2, 0.25) is 5.02 Å². The van der Waals surface area contributed by atoms with E-state index in [2.05, 4.69) is 30.6 Å². The van der Waals surface area contributed by atoms with E-state index < -0.39 is 17.7 Å². The summed E-state index contributed by atoms with van der Waals surface area (Å²) in [5, 5.41) is 11.8. The van der Waals surface area contributed by atoms with Crippen molar-refractivity contribution in [3.63, 3.8) is 0 Å². The van der Waals surface area contributed by atoms with Gasteiger partial charge in [0, 0.05) is 23.3 Å². The summed E-state index contributed by atoms with van der Waals surface area (Å²) in [5.74, 6) is -1.18. The van der Waals surface area contributed by atoms with Crippen molar-refractivity contribution in [2.75, 3.05) is 6.54 Å². The Hall–Kier alpha value is -2.42. The first-order chi connectivity index (χ1) is 18.1. The molecular weight excluding hydrogens is 543 g/mol. The van der Waals surface area contributed by atoms with Crippen LogP contribution in [0.3, 0.4) is 0 Å². The first-order valence-corrected chi connectivity index (χ1v) is 14.6. The number of hydrogen-bond donors (Lipinski definition) is 1. The molecule has 7 nitrogen and oxygen atoms in total. The van der Waals surface area contributed by atoms with E-state index in [9.17, 15) is 14.7 Å². The van der Waals surface area contributed by atoms with Crippen molar-refractivity contribution in [2.45, 2.75) is 70.7 Å². The van der Waals surface area contributed by atoms with E-state index in [0.717, 1.165) is 16.4 Å². The van der Waals surface area contributed by atoms with Gasteiger partial charge in [-0.2, -0.15) is 0 Å². The van der Waals surface area contributed by atoms with Gasteiger partial charge in [-0.1, -0.05) is 68.3 Å². The highest BCUT2D eigenvalue weighted by Crippen LogP contribution is 2.55. The highest BCUT2D eigenvalue weighted by Gasteiger charge is 2.56. The zero-order valence-corrected chi connectivity index (χ0v) is 24.2. The molecule has 0 aliphatic carbocycles. The number of rotatable bonds is 6. The van der Waals surface area contributed by atoms with Crippen molar-refractivity contribution < 1.29 is 14.7 Å². The average Bonchev–Trinajstić information content (AvgIpc) is 3.54. The van der Waals surface area contributed by atoms with Crippen molar-refractivity contribution in [1.29, 1.82) is 0 Å². The number of aliphatic imine (C=N–C) groups is 1. The minimum Gasteiger partial charge on any atom is -0.480 e. The Labute approximate surface area is 237 Å². The molecule has 4 aliphatic rings. The van der Waals surface area contributed by atoms with Gasteiger partial charge in [-0.25, -0.2) is 9.79 Å². The van der Waals surface area contributed by atoms with Gasteiger partial charge >= 0.3 is 5.97 Å². The first-order valence-electron chi connectivity index (χ1n) is 13.0. The van der Waals surface area contributed by atoms with Gasteiger partial charge in [-0.3, -0.25) is 4.79 Å². The van der Waals surface area contributed by atoms with E-state index in [1.165, 1.54) is 11.8 Å². The van der Waals surface area contributed by atoms with E-state index in [-0.39, 0.29) is 23.9 Å². The number of thioether (sulfide) groups is 1. The standard InChI is InChI=1S/C28H32Cl2N4O3S/c1-5-19-13-14-20(26(36)37)33(19)25(35)23-22(16(2)3)34-24(17-9-11-18(29)12-10-17)28(4,31-27(34)38-23)32-15-7-6-8-21(32)30/h6-12,16,19-20,24H,5,13-15H2,1-4H3,(H,36,37)/t19-,20+,24-,28+/m1/s1. The zero-order chi connectivity index (χ0) is 27.4. The Kier molecular flexibility index (Phi) is 7.35. The van der Waals surface area contributed by atoms with E-state index in [0.29, 0.717) is 40.9 Å². The molecule has 10 heteroatoms. The van der Waals surface area contributed by atoms with E-state index in [1.807, 2.05) is 49.4 Å². The van der Waals surface area contributed by atoms with Gasteiger partial charge in [0.25, 0.3) is 5.91 Å². The molecule has 0 bridgehead atoms. The lowest BCUT2D eigenvalue weighted by atomic mass is 9.91. The molecule has 0 spiro atoms. The fourth-order valence-electron chi connectivity index (χ4n) is 6.08. The maximum absolute atomic E-state index is 14.1. The van der Waals surface area contributed by atoms with Gasteiger partial charge < -0.3 is 19.8 Å². The molecular formula is C28H32Cl2N4O3S. The second-order valence-corrected chi connectivity index (χ2v) is 12.3. The summed E-state index contributed by atoms with van der Waals surface area (Å²) in [5.41, 5.74) is 1.10. The van der Waals surface area contributed by atoms with Crippen molar-refractivity contribution >= 4 is 52.0 Å². The quantitative estimate of drug-likeness (QED) is 0.408. The molecule has 4 atom stereocenters. The Morgan fingerprint density at radius 2 is 1.92 bits per heavy atom. The molecule has 0 unspecified atom stereocenters. The zero-order valence-electron chi connectivity index (χ0n) is 21.9. The number of hydrogen-bond acceptors (Lipinski definition) is 6. The minimum atomic E-state index is -0.951. The lowest BCUT2D eigenvalue weighted by Crippen LogP contribution is -2.50. The fraction of sp³-hybridized carbons (Fsp3) is 0.464. The Morgan fingerprint density at radius 3 is 2.53 bits per heavy atom. The largest absolute Gasteiger partial charge is 0.480 e. The van der Waals surface area contributed by atoms with Crippen LogP contribution >= 0.6 is 35.0 Å². The highest BCUT2D eigenvalue weighted by molar-refractivity contribution is 8.18. The van der Waals surface area contributed by atoms with E-state index >= 15 is 0 Å². The fourth-order valence-corrected chi connectivity index (χ4v) is 7.87. The van der Waals surface area contributed by atoms with Crippen LogP contribution in [0.15, 0.2) is 63.2 Å². The molecule has 1 fully saturated rings. The van der Waals surface area contributed by atoms with E-state index in [1.54, 1.807) is 4.90 Å². The SMILES string of the molecule is CC[C@@H]1CC[C@@H](C(=O)O)N1C(=O)C1=C(C(C)C)N2C(=N[C@@](C)(N3CC=CC=C3Cl)[C@H]2c2ccc(Cl)cc2)S1. The lowest BCUT2D eigenvalue weighted by molar-refractivity contribution is -0.148. The molecule has 1 N–H and O–H groups in total. The van der Waals surface area contributed by atoms with Crippen LogP contribution in [0.25, 0.3) is 0 Å². The molecule has 1 aromatic rings. The van der Waals surface area contributed by atoms with Crippen molar-refractivity contribution in [3.8, 4) is 0 Å². The second kappa shape index (κ2) is 10.3. The molecule has 4 heterocycles. The molecule has 0 saturated carbocycles. The van der Waals surface area contributed by atoms with Gasteiger partial charge in [0.15, 0.2) is 10.8 Å². The van der Waals surface area contributed by atoms with Gasteiger partial charge in [-0.05, 0) is 67.6 Å². The molecule has 0 aromatic heterocycles. The molecule has 202 valence electrons. The third kappa shape index (κ3) is 4.34. The lowest BCUT2D eigenvalue weighted by Gasteiger charge is -2.44. The Bertz CT molecular complexity index is 1280. The number of carboxylic acids is 1. The van der Waals surface area contributed by atoms with Crippen LogP contribution in [0.4, 0.5) is 0 Å². The monoisotopic (exact) mass is 574 g/mol. The number of allylic oxidation sites excluding steroid dienone is 3. The van der Waals surface area contributed by atoms with Crippen LogP contribution in [-0.4, -0.2) is 61.1 Å². The van der Waals surface area contributed by atoms with Gasteiger partial charge in [0.1, 0.15) is 22.1 Å². The summed E-state index contributed by atoms with van der Waals surface area (Å²) in [4.78, 5) is 37.8. The Morgan fingerprint density at radius 1 is 1.21 bits per heavy atom. The average molecular weight is 576 g/mol. The molecule has 1 amide bonds. The van der Waals surface area contributed by atoms with Crippen LogP contribution in [0, 0.1) is 5.92 Å². The van der Waals surface area contributed by atoms with Crippen LogP contribution in [-0.2, 0) is 9.59 Å². The second-order valence-electron chi connectivity index (χ2n) is 10.5. The van der Waals surface area contributed by atoms with Crippen LogP contribution < -0.4 is 0 Å². The van der Waals surface area contributed by atoms with Crippen molar-refractivity contribution in [2.24, 2.45) is 10.9 Å². The van der Waals surface area contributed by atoms with Gasteiger partial charge in [0.2, 0.25) is 0 Å². The summed E-state index contributed by atoms with van der Waals surface area (Å²) in [6.07, 6.45) is 7.73. The smallest absolute Gasteiger partial charge is 0.326 e. The third-order valence-corrected chi connectivity index (χ3v) is 9.51. The number of amidine groups is 1. The molecule has 1 saturated heterocycles. The maximum Gasteiger partial charge on any atom is 0.326 e. The number of amides is 1. The summed E-state index contributed by atoms with van der Waals surface area (Å²) < 4.78 is 0. The topological polar surface area (TPSA) is 76.5 Å². The highest BCUT2D eigenvalue weighted by atomic mass is 35.5. The molecule has 38 heavy (non-hydrogen) atoms. The number of aliphatic carboxylic acids is 1. The van der Waals surface area contributed by atoms with Crippen LogP contribution in [0.1, 0.15) is 58.6 Å². The molecule has 5 rings (SSSR count). The number of halogens is 2. The third-order valence-electron chi connectivity index (χ3n) is 7.87. The first kappa shape index (κ1) is 27.2. The number of carboxylic acid groups (broad SMARTS) is 1. The molecule has 0 radical (unpaired) electrons. The summed E-state index contributed by atoms with van der Waals surface area (Å²) >= 11 is 14.3. The van der Waals surface area contributed by atoms with Crippen molar-refractivity contribution in [3.05, 3.63) is 68.8 Å². The van der Waals surface area contributed by atoms with E-state index in [4.69, 9.17) is 28.2 Å². The summed E-state index contributed by atoms with van der Waals surface area (Å²) in [6.45, 7) is 8.80. The number of likely N-dealkylation sites (tertiary alicyclic amines) is 1. The van der Waals surface area contributed by atoms with Gasteiger partial charge in [-0.15, -0.1) is 0 Å². The van der Waals surface area contributed by atoms with Crippen LogP contribution in [0.5, 0.6) is 0 Å². The summed E-state index contributed by atoms with van der Waals surface area (Å²) in [6, 6.07) is 6.54. The maximum atomic E-state index is 14.1. The molecule has 4 aliphatic heterocycles.